The number of amidine groups is 1. The minimum Gasteiger partial charge on any atom is -0.409 e. The van der Waals surface area contributed by atoms with Gasteiger partial charge < -0.3 is 15.8 Å². The van der Waals surface area contributed by atoms with Crippen molar-refractivity contribution in [2.24, 2.45) is 10.9 Å². The molecule has 6 heteroatoms. The van der Waals surface area contributed by atoms with E-state index >= 15 is 0 Å². The first-order chi connectivity index (χ1) is 7.15. The van der Waals surface area contributed by atoms with Crippen LogP contribution in [0.2, 0.25) is 0 Å². The van der Waals surface area contributed by atoms with Gasteiger partial charge in [0.1, 0.15) is 0 Å². The monoisotopic (exact) mass is 231 g/mol. The third kappa shape index (κ3) is 3.62. The Morgan fingerprint density at radius 1 is 1.67 bits per heavy atom. The van der Waals surface area contributed by atoms with Crippen LogP contribution in [-0.2, 0) is 4.79 Å². The molecule has 86 valence electrons. The molecule has 1 fully saturated rings. The third-order valence-electron chi connectivity index (χ3n) is 2.36. The lowest BCUT2D eigenvalue weighted by Gasteiger charge is -2.25. The highest BCUT2D eigenvalue weighted by Crippen LogP contribution is 2.26. The van der Waals surface area contributed by atoms with E-state index in [2.05, 4.69) is 5.16 Å². The minimum atomic E-state index is 0.0512. The van der Waals surface area contributed by atoms with E-state index < -0.39 is 0 Å². The predicted octanol–water partition coefficient (Wildman–Crippen LogP) is 0.477. The number of likely N-dealkylation sites (N-methyl/N-ethyl adjacent to an activating group) is 1. The van der Waals surface area contributed by atoms with E-state index in [0.717, 1.165) is 18.6 Å². The Balaban J connectivity index is 2.44. The molecule has 1 aliphatic rings. The fraction of sp³-hybridized carbons (Fsp3) is 0.778. The first-order valence-corrected chi connectivity index (χ1v) is 6.03. The smallest absolute Gasteiger partial charge is 0.235 e. The first-order valence-electron chi connectivity index (χ1n) is 4.98. The Kier molecular flexibility index (Phi) is 4.74. The average molecular weight is 231 g/mol. The van der Waals surface area contributed by atoms with E-state index in [0.29, 0.717) is 0 Å². The van der Waals surface area contributed by atoms with Crippen LogP contribution in [0.5, 0.6) is 0 Å². The number of nitrogens with two attached hydrogens (primary N) is 1. The maximum absolute atomic E-state index is 11.9. The van der Waals surface area contributed by atoms with Crippen LogP contribution in [0.4, 0.5) is 0 Å². The molecule has 0 aromatic carbocycles. The number of nitrogens with zero attached hydrogens (tertiary/aromatic N) is 2. The largest absolute Gasteiger partial charge is 0.409 e. The minimum absolute atomic E-state index is 0.0512. The second-order valence-electron chi connectivity index (χ2n) is 3.64. The van der Waals surface area contributed by atoms with Gasteiger partial charge in [0.2, 0.25) is 5.91 Å². The van der Waals surface area contributed by atoms with Crippen LogP contribution in [0.15, 0.2) is 5.16 Å². The third-order valence-corrected chi connectivity index (χ3v) is 3.72. The van der Waals surface area contributed by atoms with Gasteiger partial charge in [-0.25, -0.2) is 0 Å². The summed E-state index contributed by atoms with van der Waals surface area (Å²) in [7, 11) is 1.68. The predicted molar refractivity (Wildman–Crippen MR) is 61.1 cm³/mol. The summed E-state index contributed by atoms with van der Waals surface area (Å²) < 4.78 is 0. The summed E-state index contributed by atoms with van der Waals surface area (Å²) in [5.41, 5.74) is 5.34. The molecule has 0 radical (unpaired) electrons. The van der Waals surface area contributed by atoms with Crippen LogP contribution in [0, 0.1) is 0 Å². The SMILES string of the molecule is CN(CC(N)=NO)C(=O)C1CCCCS1. The number of carbonyl (C=O) groups is 1. The molecule has 5 nitrogen and oxygen atoms in total. The summed E-state index contributed by atoms with van der Waals surface area (Å²) in [6.45, 7) is 0.187. The highest BCUT2D eigenvalue weighted by Gasteiger charge is 2.24. The number of rotatable bonds is 3. The van der Waals surface area contributed by atoms with Gasteiger partial charge in [-0.1, -0.05) is 11.6 Å². The molecule has 0 aliphatic carbocycles. The maximum Gasteiger partial charge on any atom is 0.235 e. The highest BCUT2D eigenvalue weighted by molar-refractivity contribution is 8.00. The molecule has 0 aromatic rings. The molecule has 15 heavy (non-hydrogen) atoms. The zero-order chi connectivity index (χ0) is 11.3. The molecule has 1 saturated heterocycles. The molecular formula is C9H17N3O2S. The Labute approximate surface area is 93.7 Å². The summed E-state index contributed by atoms with van der Waals surface area (Å²) >= 11 is 1.70. The molecule has 1 rings (SSSR count). The zero-order valence-electron chi connectivity index (χ0n) is 8.85. The van der Waals surface area contributed by atoms with Gasteiger partial charge >= 0.3 is 0 Å². The fourth-order valence-corrected chi connectivity index (χ4v) is 2.84. The Morgan fingerprint density at radius 3 is 2.93 bits per heavy atom. The summed E-state index contributed by atoms with van der Waals surface area (Å²) in [4.78, 5) is 13.4. The van der Waals surface area contributed by atoms with E-state index in [1.165, 1.54) is 11.3 Å². The number of amides is 1. The van der Waals surface area contributed by atoms with Crippen molar-refractivity contribution in [2.45, 2.75) is 24.5 Å². The lowest BCUT2D eigenvalue weighted by atomic mass is 10.1. The van der Waals surface area contributed by atoms with Crippen molar-refractivity contribution in [3.8, 4) is 0 Å². The van der Waals surface area contributed by atoms with Crippen molar-refractivity contribution in [2.75, 3.05) is 19.3 Å². The van der Waals surface area contributed by atoms with Crippen LogP contribution in [0.3, 0.4) is 0 Å². The number of oxime groups is 1. The Morgan fingerprint density at radius 2 is 2.40 bits per heavy atom. The van der Waals surface area contributed by atoms with Crippen molar-refractivity contribution in [3.63, 3.8) is 0 Å². The quantitative estimate of drug-likeness (QED) is 0.320. The number of hydrogen-bond acceptors (Lipinski definition) is 4. The van der Waals surface area contributed by atoms with Crippen molar-refractivity contribution in [1.82, 2.24) is 4.90 Å². The van der Waals surface area contributed by atoms with Gasteiger partial charge in [-0.3, -0.25) is 4.79 Å². The Hall–Kier alpha value is -0.910. The normalized spacial score (nSPS) is 22.5. The lowest BCUT2D eigenvalue weighted by molar-refractivity contribution is -0.128. The molecule has 0 spiro atoms. The van der Waals surface area contributed by atoms with E-state index in [-0.39, 0.29) is 23.5 Å². The Bertz CT molecular complexity index is 252. The summed E-state index contributed by atoms with van der Waals surface area (Å²) in [5, 5.41) is 11.3. The van der Waals surface area contributed by atoms with Crippen molar-refractivity contribution in [3.05, 3.63) is 0 Å². The van der Waals surface area contributed by atoms with Crippen molar-refractivity contribution in [1.29, 1.82) is 0 Å². The van der Waals surface area contributed by atoms with E-state index in [1.807, 2.05) is 0 Å². The molecule has 1 amide bonds. The summed E-state index contributed by atoms with van der Waals surface area (Å²) in [6.07, 6.45) is 3.24. The molecule has 3 N–H and O–H groups in total. The van der Waals surface area contributed by atoms with Gasteiger partial charge in [0, 0.05) is 7.05 Å². The second kappa shape index (κ2) is 5.85. The summed E-state index contributed by atoms with van der Waals surface area (Å²) in [6, 6.07) is 0. The highest BCUT2D eigenvalue weighted by atomic mass is 32.2. The first kappa shape index (κ1) is 12.2. The molecule has 1 aliphatic heterocycles. The lowest BCUT2D eigenvalue weighted by Crippen LogP contribution is -2.41. The standard InChI is InChI=1S/C9H17N3O2S/c1-12(6-8(10)11-14)9(13)7-4-2-3-5-15-7/h7,14H,2-6H2,1H3,(H2,10,11). The molecular weight excluding hydrogens is 214 g/mol. The van der Waals surface area contributed by atoms with Gasteiger partial charge in [0.25, 0.3) is 0 Å². The molecule has 0 aromatic heterocycles. The molecule has 1 atom stereocenters. The molecule has 0 bridgehead atoms. The van der Waals surface area contributed by atoms with E-state index in [1.54, 1.807) is 18.8 Å². The van der Waals surface area contributed by atoms with Crippen LogP contribution < -0.4 is 5.73 Å². The second-order valence-corrected chi connectivity index (χ2v) is 4.95. The van der Waals surface area contributed by atoms with Gasteiger partial charge in [0.05, 0.1) is 11.8 Å². The molecule has 0 saturated carbocycles. The fourth-order valence-electron chi connectivity index (χ4n) is 1.53. The van der Waals surface area contributed by atoms with Gasteiger partial charge in [-0.15, -0.1) is 11.8 Å². The van der Waals surface area contributed by atoms with Crippen molar-refractivity contribution < 1.29 is 10.0 Å². The number of thioether (sulfide) groups is 1. The summed E-state index contributed by atoms with van der Waals surface area (Å²) in [5.74, 6) is 1.19. The van der Waals surface area contributed by atoms with Gasteiger partial charge in [-0.05, 0) is 18.6 Å². The maximum atomic E-state index is 11.9. The van der Waals surface area contributed by atoms with Crippen LogP contribution >= 0.6 is 11.8 Å². The van der Waals surface area contributed by atoms with E-state index in [4.69, 9.17) is 10.9 Å². The van der Waals surface area contributed by atoms with Gasteiger partial charge in [-0.2, -0.15) is 0 Å². The number of carbonyl (C=O) groups excluding carboxylic acids is 1. The average Bonchev–Trinajstić information content (AvgIpc) is 2.29. The molecule has 1 heterocycles. The van der Waals surface area contributed by atoms with Gasteiger partial charge in [0.15, 0.2) is 5.84 Å². The number of hydrogen-bond donors (Lipinski definition) is 2. The van der Waals surface area contributed by atoms with Crippen LogP contribution in [0.25, 0.3) is 0 Å². The zero-order valence-corrected chi connectivity index (χ0v) is 9.66. The van der Waals surface area contributed by atoms with Crippen LogP contribution in [-0.4, -0.2) is 46.4 Å². The van der Waals surface area contributed by atoms with E-state index in [9.17, 15) is 4.79 Å². The topological polar surface area (TPSA) is 78.9 Å². The molecule has 1 unspecified atom stereocenters. The van der Waals surface area contributed by atoms with Crippen LogP contribution in [0.1, 0.15) is 19.3 Å². The van der Waals surface area contributed by atoms with Crippen molar-refractivity contribution >= 4 is 23.5 Å².